The fraction of sp³-hybridized carbons (Fsp3) is 0.250. The van der Waals surface area contributed by atoms with E-state index in [0.29, 0.717) is 0 Å². The summed E-state index contributed by atoms with van der Waals surface area (Å²) in [6.07, 6.45) is 6.34. The van der Waals surface area contributed by atoms with E-state index >= 15 is 0 Å². The molecule has 0 fully saturated rings. The molecule has 0 aliphatic rings. The first-order valence-corrected chi connectivity index (χ1v) is 5.75. The van der Waals surface area contributed by atoms with Gasteiger partial charge in [0.2, 0.25) is 0 Å². The minimum atomic E-state index is 1.03. The van der Waals surface area contributed by atoms with Crippen molar-refractivity contribution >= 4 is 5.57 Å². The molecule has 0 spiro atoms. The quantitative estimate of drug-likeness (QED) is 0.616. The van der Waals surface area contributed by atoms with Crippen LogP contribution in [0, 0.1) is 0 Å². The van der Waals surface area contributed by atoms with Crippen molar-refractivity contribution in [2.45, 2.75) is 26.7 Å². The van der Waals surface area contributed by atoms with Crippen LogP contribution in [-0.2, 0) is 6.42 Å². The summed E-state index contributed by atoms with van der Waals surface area (Å²) in [7, 11) is 0. The van der Waals surface area contributed by atoms with Crippen LogP contribution in [0.25, 0.3) is 5.57 Å². The van der Waals surface area contributed by atoms with E-state index < -0.39 is 0 Å². The van der Waals surface area contributed by atoms with Crippen LogP contribution in [-0.4, -0.2) is 0 Å². The second-order valence-corrected chi connectivity index (χ2v) is 4.15. The second-order valence-electron chi connectivity index (χ2n) is 4.15. The molecule has 1 aromatic carbocycles. The van der Waals surface area contributed by atoms with E-state index in [0.717, 1.165) is 17.6 Å². The van der Waals surface area contributed by atoms with E-state index in [-0.39, 0.29) is 0 Å². The number of hydrogen-bond acceptors (Lipinski definition) is 0. The molecular formula is C16H20. The molecule has 0 heterocycles. The fourth-order valence-electron chi connectivity index (χ4n) is 1.51. The summed E-state index contributed by atoms with van der Waals surface area (Å²) in [5.41, 5.74) is 4.65. The van der Waals surface area contributed by atoms with Crippen molar-refractivity contribution < 1.29 is 0 Å². The Kier molecular flexibility index (Phi) is 4.78. The number of aryl methyl sites for hydroxylation is 1. The van der Waals surface area contributed by atoms with Gasteiger partial charge in [-0.05, 0) is 30.0 Å². The molecule has 0 N–H and O–H groups in total. The standard InChI is InChI=1S/C16H20/c1-5-6-15-9-11-16(12-10-15)14(4)8-7-13(2)3/h7-12H,2,4-6H2,1,3H3/b8-7-. The van der Waals surface area contributed by atoms with Crippen molar-refractivity contribution in [3.63, 3.8) is 0 Å². The third kappa shape index (κ3) is 3.90. The maximum absolute atomic E-state index is 4.04. The summed E-state index contributed by atoms with van der Waals surface area (Å²) in [6, 6.07) is 8.63. The zero-order chi connectivity index (χ0) is 12.0. The van der Waals surface area contributed by atoms with E-state index in [1.54, 1.807) is 0 Å². The summed E-state index contributed by atoms with van der Waals surface area (Å²) in [5, 5.41) is 0. The van der Waals surface area contributed by atoms with Crippen LogP contribution in [0.2, 0.25) is 0 Å². The monoisotopic (exact) mass is 212 g/mol. The van der Waals surface area contributed by atoms with Crippen molar-refractivity contribution in [3.05, 3.63) is 66.3 Å². The molecule has 0 bridgehead atoms. The highest BCUT2D eigenvalue weighted by Crippen LogP contribution is 2.16. The lowest BCUT2D eigenvalue weighted by molar-refractivity contribution is 0.922. The predicted octanol–water partition coefficient (Wildman–Crippen LogP) is 4.78. The molecule has 0 saturated carbocycles. The topological polar surface area (TPSA) is 0 Å². The lowest BCUT2D eigenvalue weighted by Gasteiger charge is -2.03. The van der Waals surface area contributed by atoms with Crippen molar-refractivity contribution in [3.8, 4) is 0 Å². The van der Waals surface area contributed by atoms with Gasteiger partial charge in [-0.2, -0.15) is 0 Å². The summed E-state index contributed by atoms with van der Waals surface area (Å²) < 4.78 is 0. The maximum atomic E-state index is 4.04. The zero-order valence-electron chi connectivity index (χ0n) is 10.3. The summed E-state index contributed by atoms with van der Waals surface area (Å²) in [6.45, 7) is 12.1. The number of rotatable bonds is 5. The Morgan fingerprint density at radius 2 is 1.75 bits per heavy atom. The van der Waals surface area contributed by atoms with Gasteiger partial charge in [0.05, 0.1) is 0 Å². The Hall–Kier alpha value is -1.56. The summed E-state index contributed by atoms with van der Waals surface area (Å²) in [4.78, 5) is 0. The molecule has 16 heavy (non-hydrogen) atoms. The van der Waals surface area contributed by atoms with Crippen LogP contribution in [0.4, 0.5) is 0 Å². The van der Waals surface area contributed by atoms with Gasteiger partial charge in [0.25, 0.3) is 0 Å². The maximum Gasteiger partial charge on any atom is -0.0190 e. The van der Waals surface area contributed by atoms with Gasteiger partial charge in [-0.15, -0.1) is 0 Å². The van der Waals surface area contributed by atoms with Gasteiger partial charge >= 0.3 is 0 Å². The SMILES string of the molecule is C=C(C)/C=C\C(=C)c1ccc(CCC)cc1. The molecule has 0 saturated heterocycles. The molecule has 0 aliphatic carbocycles. The van der Waals surface area contributed by atoms with E-state index in [1.165, 1.54) is 17.5 Å². The Bertz CT molecular complexity index is 391. The third-order valence-corrected chi connectivity index (χ3v) is 2.43. The van der Waals surface area contributed by atoms with Crippen LogP contribution in [0.1, 0.15) is 31.4 Å². The van der Waals surface area contributed by atoms with Crippen molar-refractivity contribution in [2.24, 2.45) is 0 Å². The lowest BCUT2D eigenvalue weighted by atomic mass is 10.0. The minimum absolute atomic E-state index is 1.03. The molecule has 0 atom stereocenters. The highest BCUT2D eigenvalue weighted by molar-refractivity contribution is 5.72. The Balaban J connectivity index is 2.74. The smallest absolute Gasteiger partial charge is 0.0190 e. The van der Waals surface area contributed by atoms with Crippen LogP contribution in [0.15, 0.2) is 55.1 Å². The molecule has 84 valence electrons. The highest BCUT2D eigenvalue weighted by atomic mass is 14.0. The number of allylic oxidation sites excluding steroid dienone is 4. The first-order valence-electron chi connectivity index (χ1n) is 5.75. The van der Waals surface area contributed by atoms with Gasteiger partial charge in [0, 0.05) is 0 Å². The van der Waals surface area contributed by atoms with Gasteiger partial charge in [0.15, 0.2) is 0 Å². The van der Waals surface area contributed by atoms with Gasteiger partial charge in [-0.1, -0.05) is 68.5 Å². The Morgan fingerprint density at radius 3 is 2.25 bits per heavy atom. The van der Waals surface area contributed by atoms with Crippen molar-refractivity contribution in [1.82, 2.24) is 0 Å². The molecule has 0 aromatic heterocycles. The Labute approximate surface area is 99.0 Å². The lowest BCUT2D eigenvalue weighted by Crippen LogP contribution is -1.84. The molecule has 1 rings (SSSR count). The van der Waals surface area contributed by atoms with Gasteiger partial charge < -0.3 is 0 Å². The van der Waals surface area contributed by atoms with Gasteiger partial charge in [-0.25, -0.2) is 0 Å². The van der Waals surface area contributed by atoms with E-state index in [1.807, 2.05) is 19.1 Å². The average Bonchev–Trinajstić information content (AvgIpc) is 2.27. The number of benzene rings is 1. The second kappa shape index (κ2) is 6.12. The molecule has 0 amide bonds. The van der Waals surface area contributed by atoms with Crippen LogP contribution in [0.3, 0.4) is 0 Å². The first-order chi connectivity index (χ1) is 7.63. The van der Waals surface area contributed by atoms with Crippen molar-refractivity contribution in [1.29, 1.82) is 0 Å². The largest absolute Gasteiger partial charge is 0.0961 e. The average molecular weight is 212 g/mol. The van der Waals surface area contributed by atoms with E-state index in [9.17, 15) is 0 Å². The molecule has 0 unspecified atom stereocenters. The molecule has 0 radical (unpaired) electrons. The zero-order valence-corrected chi connectivity index (χ0v) is 10.3. The molecule has 1 aromatic rings. The minimum Gasteiger partial charge on any atom is -0.0961 e. The molecule has 0 aliphatic heterocycles. The first kappa shape index (κ1) is 12.5. The molecular weight excluding hydrogens is 192 g/mol. The third-order valence-electron chi connectivity index (χ3n) is 2.43. The highest BCUT2D eigenvalue weighted by Gasteiger charge is 1.95. The van der Waals surface area contributed by atoms with Gasteiger partial charge in [0.1, 0.15) is 0 Å². The van der Waals surface area contributed by atoms with Crippen LogP contribution >= 0.6 is 0 Å². The van der Waals surface area contributed by atoms with Gasteiger partial charge in [-0.3, -0.25) is 0 Å². The summed E-state index contributed by atoms with van der Waals surface area (Å²) >= 11 is 0. The van der Waals surface area contributed by atoms with E-state index in [4.69, 9.17) is 0 Å². The fourth-order valence-corrected chi connectivity index (χ4v) is 1.51. The van der Waals surface area contributed by atoms with E-state index in [2.05, 4.69) is 44.3 Å². The number of hydrogen-bond donors (Lipinski definition) is 0. The van der Waals surface area contributed by atoms with Crippen molar-refractivity contribution in [2.75, 3.05) is 0 Å². The predicted molar refractivity (Wildman–Crippen MR) is 73.4 cm³/mol. The van der Waals surface area contributed by atoms with Crippen LogP contribution < -0.4 is 0 Å². The Morgan fingerprint density at radius 1 is 1.12 bits per heavy atom. The molecule has 0 nitrogen and oxygen atoms in total. The normalized spacial score (nSPS) is 10.6. The van der Waals surface area contributed by atoms with Crippen LogP contribution in [0.5, 0.6) is 0 Å². The summed E-state index contributed by atoms with van der Waals surface area (Å²) in [5.74, 6) is 0. The molecule has 0 heteroatoms.